The Hall–Kier alpha value is -3.67. The summed E-state index contributed by atoms with van der Waals surface area (Å²) in [5.41, 5.74) is 1.87. The van der Waals surface area contributed by atoms with Crippen molar-refractivity contribution in [2.75, 3.05) is 0 Å². The van der Waals surface area contributed by atoms with E-state index in [9.17, 15) is 4.79 Å². The summed E-state index contributed by atoms with van der Waals surface area (Å²) >= 11 is 0. The summed E-state index contributed by atoms with van der Waals surface area (Å²) in [5, 5.41) is 5.35. The summed E-state index contributed by atoms with van der Waals surface area (Å²) in [7, 11) is 0. The van der Waals surface area contributed by atoms with Crippen LogP contribution in [-0.2, 0) is 0 Å². The Morgan fingerprint density at radius 2 is 1.72 bits per heavy atom. The van der Waals surface area contributed by atoms with Crippen LogP contribution in [0, 0.1) is 0 Å². The quantitative estimate of drug-likeness (QED) is 0.499. The van der Waals surface area contributed by atoms with Crippen LogP contribution in [0.5, 0.6) is 0 Å². The molecule has 0 N–H and O–H groups in total. The van der Waals surface area contributed by atoms with Crippen LogP contribution >= 0.6 is 0 Å². The van der Waals surface area contributed by atoms with E-state index in [1.807, 2.05) is 71.4 Å². The van der Waals surface area contributed by atoms with Crippen molar-refractivity contribution < 1.29 is 4.42 Å². The topological polar surface area (TPSA) is 65.3 Å². The highest BCUT2D eigenvalue weighted by Gasteiger charge is 2.15. The number of para-hydroxylation sites is 1. The average molecular weight is 328 g/mol. The lowest BCUT2D eigenvalue weighted by atomic mass is 10.2. The molecule has 0 bridgehead atoms. The SMILES string of the molecule is O=c1c(-n2ccc3ccccc32)cnc2oc(-c3ccccc3)nn12. The molecule has 6 heteroatoms. The minimum atomic E-state index is -0.280. The number of nitrogens with zero attached hydrogens (tertiary/aromatic N) is 4. The first-order valence-corrected chi connectivity index (χ1v) is 7.82. The highest BCUT2D eigenvalue weighted by Crippen LogP contribution is 2.20. The maximum Gasteiger partial charge on any atom is 0.328 e. The van der Waals surface area contributed by atoms with Crippen LogP contribution in [0.4, 0.5) is 0 Å². The van der Waals surface area contributed by atoms with E-state index in [2.05, 4.69) is 10.1 Å². The van der Waals surface area contributed by atoms with E-state index in [4.69, 9.17) is 4.42 Å². The van der Waals surface area contributed by atoms with Crippen LogP contribution < -0.4 is 5.56 Å². The van der Waals surface area contributed by atoms with Crippen LogP contribution in [0.15, 0.2) is 82.3 Å². The fraction of sp³-hybridized carbons (Fsp3) is 0. The van der Waals surface area contributed by atoms with Gasteiger partial charge in [0, 0.05) is 11.8 Å². The van der Waals surface area contributed by atoms with Gasteiger partial charge in [-0.15, -0.1) is 9.61 Å². The Morgan fingerprint density at radius 1 is 0.920 bits per heavy atom. The summed E-state index contributed by atoms with van der Waals surface area (Å²) in [6, 6.07) is 19.2. The normalized spacial score (nSPS) is 11.4. The van der Waals surface area contributed by atoms with E-state index in [1.165, 1.54) is 10.7 Å². The fourth-order valence-corrected chi connectivity index (χ4v) is 2.93. The summed E-state index contributed by atoms with van der Waals surface area (Å²) in [4.78, 5) is 17.2. The van der Waals surface area contributed by atoms with Crippen LogP contribution in [0.1, 0.15) is 0 Å². The van der Waals surface area contributed by atoms with Crippen LogP contribution in [0.2, 0.25) is 0 Å². The van der Waals surface area contributed by atoms with Gasteiger partial charge in [0.2, 0.25) is 5.89 Å². The summed E-state index contributed by atoms with van der Waals surface area (Å²) in [6.45, 7) is 0. The second-order valence-corrected chi connectivity index (χ2v) is 5.66. The third kappa shape index (κ3) is 2.08. The molecule has 5 rings (SSSR count). The van der Waals surface area contributed by atoms with Gasteiger partial charge in [-0.1, -0.05) is 36.4 Å². The fourth-order valence-electron chi connectivity index (χ4n) is 2.93. The summed E-state index contributed by atoms with van der Waals surface area (Å²) in [5.74, 6) is 0.531. The molecule has 3 heterocycles. The molecule has 0 amide bonds. The largest absolute Gasteiger partial charge is 0.403 e. The summed E-state index contributed by atoms with van der Waals surface area (Å²) < 4.78 is 8.64. The van der Waals surface area contributed by atoms with Crippen molar-refractivity contribution >= 4 is 16.7 Å². The molecule has 6 nitrogen and oxygen atoms in total. The molecule has 0 aliphatic heterocycles. The molecule has 3 aromatic heterocycles. The van der Waals surface area contributed by atoms with Gasteiger partial charge in [0.1, 0.15) is 5.69 Å². The predicted octanol–water partition coefficient (Wildman–Crippen LogP) is 3.29. The van der Waals surface area contributed by atoms with E-state index in [0.29, 0.717) is 11.6 Å². The number of rotatable bonds is 2. The predicted molar refractivity (Wildman–Crippen MR) is 93.8 cm³/mol. The monoisotopic (exact) mass is 328 g/mol. The van der Waals surface area contributed by atoms with Gasteiger partial charge in [-0.05, 0) is 29.7 Å². The van der Waals surface area contributed by atoms with Gasteiger partial charge < -0.3 is 8.98 Å². The van der Waals surface area contributed by atoms with Gasteiger partial charge in [-0.25, -0.2) is 4.98 Å². The highest BCUT2D eigenvalue weighted by molar-refractivity contribution is 5.81. The molecule has 0 fully saturated rings. The van der Waals surface area contributed by atoms with Crippen molar-refractivity contribution in [1.29, 1.82) is 0 Å². The van der Waals surface area contributed by atoms with Crippen molar-refractivity contribution in [3.8, 4) is 17.1 Å². The third-order valence-corrected chi connectivity index (χ3v) is 4.15. The van der Waals surface area contributed by atoms with Crippen LogP contribution in [-0.4, -0.2) is 19.2 Å². The maximum atomic E-state index is 12.9. The zero-order valence-corrected chi connectivity index (χ0v) is 13.0. The standard InChI is InChI=1S/C19H12N4O2/c24-18-16(22-11-10-13-6-4-5-9-15(13)22)12-20-19-23(18)21-17(25-19)14-7-2-1-3-8-14/h1-12H. The van der Waals surface area contributed by atoms with Crippen LogP contribution in [0.3, 0.4) is 0 Å². The molecule has 25 heavy (non-hydrogen) atoms. The maximum absolute atomic E-state index is 12.9. The van der Waals surface area contributed by atoms with E-state index in [0.717, 1.165) is 16.5 Å². The van der Waals surface area contributed by atoms with Crippen molar-refractivity contribution in [3.05, 3.63) is 83.4 Å². The number of benzene rings is 2. The number of fused-ring (bicyclic) bond motifs is 2. The molecule has 120 valence electrons. The van der Waals surface area contributed by atoms with E-state index in [-0.39, 0.29) is 11.4 Å². The van der Waals surface area contributed by atoms with E-state index in [1.54, 1.807) is 0 Å². The Bertz CT molecular complexity index is 1270. The van der Waals surface area contributed by atoms with E-state index >= 15 is 0 Å². The Morgan fingerprint density at radius 3 is 2.60 bits per heavy atom. The number of hydrogen-bond acceptors (Lipinski definition) is 4. The Kier molecular flexibility index (Phi) is 2.84. The smallest absolute Gasteiger partial charge is 0.328 e. The minimum Gasteiger partial charge on any atom is -0.403 e. The zero-order chi connectivity index (χ0) is 16.8. The van der Waals surface area contributed by atoms with Crippen molar-refractivity contribution in [2.45, 2.75) is 0 Å². The molecule has 2 aromatic carbocycles. The third-order valence-electron chi connectivity index (χ3n) is 4.15. The lowest BCUT2D eigenvalue weighted by molar-refractivity contribution is 0.601. The highest BCUT2D eigenvalue weighted by atomic mass is 16.4. The molecule has 0 spiro atoms. The molecule has 5 aromatic rings. The molecule has 0 saturated heterocycles. The van der Waals surface area contributed by atoms with E-state index < -0.39 is 0 Å². The van der Waals surface area contributed by atoms with Crippen LogP contribution in [0.25, 0.3) is 33.9 Å². The number of aromatic nitrogens is 4. The van der Waals surface area contributed by atoms with Gasteiger partial charge in [0.15, 0.2) is 0 Å². The molecule has 0 atom stereocenters. The van der Waals surface area contributed by atoms with Gasteiger partial charge >= 0.3 is 11.4 Å². The second-order valence-electron chi connectivity index (χ2n) is 5.66. The summed E-state index contributed by atoms with van der Waals surface area (Å²) in [6.07, 6.45) is 3.37. The average Bonchev–Trinajstić information content (AvgIpc) is 3.28. The van der Waals surface area contributed by atoms with Crippen molar-refractivity contribution in [2.24, 2.45) is 0 Å². The van der Waals surface area contributed by atoms with Gasteiger partial charge in [0.25, 0.3) is 0 Å². The molecule has 0 aliphatic rings. The van der Waals surface area contributed by atoms with Crippen molar-refractivity contribution in [3.63, 3.8) is 0 Å². The Balaban J connectivity index is 1.73. The second kappa shape index (κ2) is 5.17. The Labute approximate surface area is 141 Å². The molecule has 0 radical (unpaired) electrons. The molecular formula is C19H12N4O2. The molecule has 0 saturated carbocycles. The minimum absolute atomic E-state index is 0.170. The lowest BCUT2D eigenvalue weighted by Gasteiger charge is -2.03. The zero-order valence-electron chi connectivity index (χ0n) is 13.0. The van der Waals surface area contributed by atoms with Gasteiger partial charge in [0.05, 0.1) is 11.7 Å². The molecular weight excluding hydrogens is 316 g/mol. The molecule has 0 aliphatic carbocycles. The lowest BCUT2D eigenvalue weighted by Crippen LogP contribution is -2.20. The number of hydrogen-bond donors (Lipinski definition) is 0. The first kappa shape index (κ1) is 13.7. The first-order chi connectivity index (χ1) is 12.3. The molecule has 0 unspecified atom stereocenters. The van der Waals surface area contributed by atoms with Crippen molar-refractivity contribution in [1.82, 2.24) is 19.2 Å². The van der Waals surface area contributed by atoms with Gasteiger partial charge in [-0.3, -0.25) is 4.79 Å². The van der Waals surface area contributed by atoms with Gasteiger partial charge in [-0.2, -0.15) is 0 Å². The first-order valence-electron chi connectivity index (χ1n) is 7.82.